The zero-order valence-electron chi connectivity index (χ0n) is 14.7. The smallest absolute Gasteiger partial charge is 0.211 e. The maximum Gasteiger partial charge on any atom is 0.211 e. The average Bonchev–Trinajstić information content (AvgIpc) is 2.21. The standard InChI is InChI=1S/C16H31NO3S/c1-10-11-14(20-13(2)15(3,4)5)12-17(16(6,7)8)21(9,18)19/h1,13-14H,11-12H2,2-9H3. The van der Waals surface area contributed by atoms with E-state index in [9.17, 15) is 8.42 Å². The Morgan fingerprint density at radius 3 is 1.95 bits per heavy atom. The Balaban J connectivity index is 5.19. The van der Waals surface area contributed by atoms with Crippen LogP contribution in [0.3, 0.4) is 0 Å². The Labute approximate surface area is 131 Å². The van der Waals surface area contributed by atoms with Crippen molar-refractivity contribution in [2.75, 3.05) is 12.8 Å². The van der Waals surface area contributed by atoms with Gasteiger partial charge >= 0.3 is 0 Å². The van der Waals surface area contributed by atoms with Crippen LogP contribution in [0, 0.1) is 17.8 Å². The van der Waals surface area contributed by atoms with E-state index in [0.717, 1.165) is 0 Å². The molecule has 0 heterocycles. The first kappa shape index (κ1) is 20.4. The van der Waals surface area contributed by atoms with Crippen molar-refractivity contribution in [3.05, 3.63) is 0 Å². The summed E-state index contributed by atoms with van der Waals surface area (Å²) in [6, 6.07) is 0. The lowest BCUT2D eigenvalue weighted by atomic mass is 9.90. The van der Waals surface area contributed by atoms with Crippen LogP contribution in [0.5, 0.6) is 0 Å². The van der Waals surface area contributed by atoms with Crippen molar-refractivity contribution in [1.29, 1.82) is 0 Å². The van der Waals surface area contributed by atoms with E-state index >= 15 is 0 Å². The maximum atomic E-state index is 12.0. The van der Waals surface area contributed by atoms with E-state index in [4.69, 9.17) is 11.2 Å². The highest BCUT2D eigenvalue weighted by atomic mass is 32.2. The molecule has 0 saturated heterocycles. The molecule has 21 heavy (non-hydrogen) atoms. The Hall–Kier alpha value is -0.570. The summed E-state index contributed by atoms with van der Waals surface area (Å²) in [6.07, 6.45) is 6.70. The Kier molecular flexibility index (Phi) is 6.93. The molecule has 0 bridgehead atoms. The SMILES string of the molecule is C#CCC(CN(C(C)(C)C)S(C)(=O)=O)OC(C)C(C)(C)C. The molecule has 0 aliphatic rings. The quantitative estimate of drug-likeness (QED) is 0.708. The summed E-state index contributed by atoms with van der Waals surface area (Å²) in [4.78, 5) is 0. The first-order chi connectivity index (χ1) is 9.19. The molecule has 0 aliphatic heterocycles. The first-order valence-electron chi connectivity index (χ1n) is 7.26. The molecule has 5 heteroatoms. The highest BCUT2D eigenvalue weighted by Gasteiger charge is 2.33. The number of hydrogen-bond donors (Lipinski definition) is 0. The highest BCUT2D eigenvalue weighted by molar-refractivity contribution is 7.88. The second-order valence-corrected chi connectivity index (χ2v) is 9.55. The lowest BCUT2D eigenvalue weighted by molar-refractivity contribution is -0.0626. The molecule has 0 saturated carbocycles. The molecule has 2 unspecified atom stereocenters. The van der Waals surface area contributed by atoms with Crippen LogP contribution in [0.15, 0.2) is 0 Å². The maximum absolute atomic E-state index is 12.0. The lowest BCUT2D eigenvalue weighted by Gasteiger charge is -2.37. The van der Waals surface area contributed by atoms with Gasteiger partial charge in [0, 0.05) is 18.5 Å². The van der Waals surface area contributed by atoms with E-state index in [1.54, 1.807) is 0 Å². The zero-order valence-corrected chi connectivity index (χ0v) is 15.5. The largest absolute Gasteiger partial charge is 0.372 e. The Morgan fingerprint density at radius 1 is 1.19 bits per heavy atom. The van der Waals surface area contributed by atoms with Crippen molar-refractivity contribution in [1.82, 2.24) is 4.31 Å². The summed E-state index contributed by atoms with van der Waals surface area (Å²) in [5.74, 6) is 2.59. The average molecular weight is 317 g/mol. The minimum absolute atomic E-state index is 0.0165. The van der Waals surface area contributed by atoms with Crippen LogP contribution in [0.4, 0.5) is 0 Å². The fraction of sp³-hybridized carbons (Fsp3) is 0.875. The van der Waals surface area contributed by atoms with Gasteiger partial charge in [-0.25, -0.2) is 8.42 Å². The van der Waals surface area contributed by atoms with Crippen LogP contribution >= 0.6 is 0 Å². The minimum atomic E-state index is -3.32. The van der Waals surface area contributed by atoms with E-state index in [0.29, 0.717) is 6.42 Å². The summed E-state index contributed by atoms with van der Waals surface area (Å²) in [6.45, 7) is 14.1. The van der Waals surface area contributed by atoms with Crippen molar-refractivity contribution >= 4 is 10.0 Å². The summed E-state index contributed by atoms with van der Waals surface area (Å²) < 4.78 is 31.5. The topological polar surface area (TPSA) is 46.6 Å². The second-order valence-electron chi connectivity index (χ2n) is 7.64. The van der Waals surface area contributed by atoms with Crippen molar-refractivity contribution in [3.8, 4) is 12.3 Å². The van der Waals surface area contributed by atoms with E-state index < -0.39 is 15.6 Å². The summed E-state index contributed by atoms with van der Waals surface area (Å²) in [5.41, 5.74) is -0.529. The van der Waals surface area contributed by atoms with Crippen LogP contribution in [0.2, 0.25) is 0 Å². The van der Waals surface area contributed by atoms with Crippen LogP contribution in [0.1, 0.15) is 54.9 Å². The summed E-state index contributed by atoms with van der Waals surface area (Å²) >= 11 is 0. The zero-order chi connectivity index (χ0) is 17.1. The van der Waals surface area contributed by atoms with E-state index in [-0.39, 0.29) is 24.2 Å². The number of rotatable bonds is 6. The third-order valence-corrected chi connectivity index (χ3v) is 4.98. The molecule has 0 aliphatic carbocycles. The number of nitrogens with zero attached hydrogens (tertiary/aromatic N) is 1. The predicted octanol–water partition coefficient (Wildman–Crippen LogP) is 2.89. The van der Waals surface area contributed by atoms with Gasteiger partial charge in [0.2, 0.25) is 10.0 Å². The van der Waals surface area contributed by atoms with Gasteiger partial charge < -0.3 is 4.74 Å². The molecule has 0 rings (SSSR count). The summed E-state index contributed by atoms with van der Waals surface area (Å²) in [7, 11) is -3.32. The monoisotopic (exact) mass is 317 g/mol. The molecule has 0 aromatic rings. The molecule has 0 aromatic heterocycles. The fourth-order valence-electron chi connectivity index (χ4n) is 1.87. The minimum Gasteiger partial charge on any atom is -0.372 e. The van der Waals surface area contributed by atoms with Gasteiger partial charge in [0.15, 0.2) is 0 Å². The van der Waals surface area contributed by atoms with Crippen LogP contribution in [-0.4, -0.2) is 43.3 Å². The Bertz CT molecular complexity index is 463. The first-order valence-corrected chi connectivity index (χ1v) is 9.11. The fourth-order valence-corrected chi connectivity index (χ4v) is 3.30. The number of terminal acetylenes is 1. The number of ether oxygens (including phenoxy) is 1. The van der Waals surface area contributed by atoms with Crippen molar-refractivity contribution in [3.63, 3.8) is 0 Å². The lowest BCUT2D eigenvalue weighted by Crippen LogP contribution is -2.49. The van der Waals surface area contributed by atoms with Crippen molar-refractivity contribution < 1.29 is 13.2 Å². The van der Waals surface area contributed by atoms with Crippen molar-refractivity contribution in [2.45, 2.75) is 72.6 Å². The van der Waals surface area contributed by atoms with Gasteiger partial charge in [-0.2, -0.15) is 4.31 Å². The van der Waals surface area contributed by atoms with Gasteiger partial charge in [-0.3, -0.25) is 0 Å². The molecule has 124 valence electrons. The molecule has 0 aromatic carbocycles. The molecule has 0 fully saturated rings. The predicted molar refractivity (Wildman–Crippen MR) is 88.5 cm³/mol. The van der Waals surface area contributed by atoms with Crippen LogP contribution in [0.25, 0.3) is 0 Å². The molecular formula is C16H31NO3S. The molecule has 2 atom stereocenters. The molecule has 0 spiro atoms. The van der Waals surface area contributed by atoms with Gasteiger partial charge in [0.25, 0.3) is 0 Å². The molecule has 0 radical (unpaired) electrons. The number of hydrogen-bond acceptors (Lipinski definition) is 3. The Morgan fingerprint density at radius 2 is 1.67 bits per heavy atom. The third-order valence-electron chi connectivity index (χ3n) is 3.48. The molecular weight excluding hydrogens is 286 g/mol. The van der Waals surface area contributed by atoms with Gasteiger partial charge in [-0.15, -0.1) is 12.3 Å². The normalized spacial score (nSPS) is 16.6. The van der Waals surface area contributed by atoms with Crippen LogP contribution < -0.4 is 0 Å². The van der Waals surface area contributed by atoms with Gasteiger partial charge in [-0.05, 0) is 33.1 Å². The van der Waals surface area contributed by atoms with E-state index in [1.807, 2.05) is 27.7 Å². The number of sulfonamides is 1. The molecule has 0 amide bonds. The highest BCUT2D eigenvalue weighted by Crippen LogP contribution is 2.25. The van der Waals surface area contributed by atoms with Crippen molar-refractivity contribution in [2.24, 2.45) is 5.41 Å². The van der Waals surface area contributed by atoms with Crippen LogP contribution in [-0.2, 0) is 14.8 Å². The molecule has 4 nitrogen and oxygen atoms in total. The van der Waals surface area contributed by atoms with E-state index in [2.05, 4.69) is 26.7 Å². The van der Waals surface area contributed by atoms with Gasteiger partial charge in [0.05, 0.1) is 18.5 Å². The summed E-state index contributed by atoms with van der Waals surface area (Å²) in [5, 5.41) is 0. The third kappa shape index (κ3) is 7.30. The van der Waals surface area contributed by atoms with Gasteiger partial charge in [0.1, 0.15) is 0 Å². The van der Waals surface area contributed by atoms with E-state index in [1.165, 1.54) is 10.6 Å². The molecule has 0 N–H and O–H groups in total. The second kappa shape index (κ2) is 7.13. The van der Waals surface area contributed by atoms with Gasteiger partial charge in [-0.1, -0.05) is 20.8 Å².